The van der Waals surface area contributed by atoms with E-state index in [1.807, 2.05) is 0 Å². The van der Waals surface area contributed by atoms with Crippen molar-refractivity contribution in [2.24, 2.45) is 23.7 Å². The van der Waals surface area contributed by atoms with Crippen LogP contribution in [-0.2, 0) is 6.54 Å². The molecular weight excluding hydrogens is 362 g/mol. The van der Waals surface area contributed by atoms with Crippen molar-refractivity contribution in [1.29, 1.82) is 0 Å². The molecule has 1 aromatic rings. The predicted octanol–water partition coefficient (Wildman–Crippen LogP) is 2.45. The summed E-state index contributed by atoms with van der Waals surface area (Å²) < 4.78 is 5.86. The lowest BCUT2D eigenvalue weighted by Crippen LogP contribution is -2.41. The highest BCUT2D eigenvalue weighted by Gasteiger charge is 2.35. The van der Waals surface area contributed by atoms with Crippen LogP contribution in [-0.4, -0.2) is 73.4 Å². The maximum Gasteiger partial charge on any atom is 0.119 e. The first-order chi connectivity index (χ1) is 14.1. The molecule has 0 aromatic heterocycles. The second-order valence-electron chi connectivity index (χ2n) is 9.86. The first-order valence-corrected chi connectivity index (χ1v) is 11.6. The zero-order valence-corrected chi connectivity index (χ0v) is 18.2. The fourth-order valence-electron chi connectivity index (χ4n) is 5.38. The van der Waals surface area contributed by atoms with E-state index in [1.165, 1.54) is 44.6 Å². The summed E-state index contributed by atoms with van der Waals surface area (Å²) in [6, 6.07) is 8.44. The van der Waals surface area contributed by atoms with Crippen molar-refractivity contribution >= 4 is 0 Å². The number of β-amino-alcohol motifs (C(OH)–C–C–N with tert-alkyl or cyclic N) is 1. The molecule has 0 bridgehead atoms. The predicted molar refractivity (Wildman–Crippen MR) is 117 cm³/mol. The number of aliphatic hydroxyl groups is 1. The van der Waals surface area contributed by atoms with Crippen LogP contribution in [0.25, 0.3) is 0 Å². The van der Waals surface area contributed by atoms with Gasteiger partial charge in [-0.2, -0.15) is 0 Å². The number of rotatable bonds is 8. The molecule has 5 nitrogen and oxygen atoms in total. The van der Waals surface area contributed by atoms with Crippen LogP contribution in [0.15, 0.2) is 24.3 Å². The minimum Gasteiger partial charge on any atom is -0.491 e. The van der Waals surface area contributed by atoms with Crippen molar-refractivity contribution < 1.29 is 9.84 Å². The summed E-state index contributed by atoms with van der Waals surface area (Å²) in [5.41, 5.74) is 1.35. The van der Waals surface area contributed by atoms with Crippen molar-refractivity contribution in [2.45, 2.75) is 39.3 Å². The molecule has 0 spiro atoms. The lowest BCUT2D eigenvalue weighted by Gasteiger charge is -2.34. The van der Waals surface area contributed by atoms with Gasteiger partial charge in [0.2, 0.25) is 0 Å². The molecule has 0 amide bonds. The normalized spacial score (nSPS) is 27.4. The van der Waals surface area contributed by atoms with E-state index in [1.54, 1.807) is 0 Å². The third-order valence-electron chi connectivity index (χ3n) is 7.28. The van der Waals surface area contributed by atoms with Gasteiger partial charge >= 0.3 is 0 Å². The monoisotopic (exact) mass is 401 g/mol. The van der Waals surface area contributed by atoms with Crippen molar-refractivity contribution in [3.05, 3.63) is 29.8 Å². The zero-order valence-electron chi connectivity index (χ0n) is 18.2. The van der Waals surface area contributed by atoms with Crippen molar-refractivity contribution in [3.8, 4) is 5.75 Å². The standard InChI is InChI=1S/C24H39N3O2/c1-18(2)20-7-9-26(10-8-20)16-23(28)17-29-24-5-3-19(4-6-24)13-27-14-21-11-25-12-22(21)15-27/h3-6,18,20-23,25,28H,7-17H2,1-2H3/t21-,22+,23?. The number of hydrogen-bond acceptors (Lipinski definition) is 5. The smallest absolute Gasteiger partial charge is 0.119 e. The minimum absolute atomic E-state index is 0.367. The summed E-state index contributed by atoms with van der Waals surface area (Å²) in [6.45, 7) is 13.8. The number of benzene rings is 1. The van der Waals surface area contributed by atoms with Crippen LogP contribution in [0.4, 0.5) is 0 Å². The fraction of sp³-hybridized carbons (Fsp3) is 0.750. The molecule has 5 heteroatoms. The van der Waals surface area contributed by atoms with Crippen LogP contribution in [0.2, 0.25) is 0 Å². The molecule has 3 saturated heterocycles. The van der Waals surface area contributed by atoms with Crippen molar-refractivity contribution in [1.82, 2.24) is 15.1 Å². The molecule has 0 aliphatic carbocycles. The summed E-state index contributed by atoms with van der Waals surface area (Å²) in [5.74, 6) is 4.16. The molecule has 2 N–H and O–H groups in total. The summed E-state index contributed by atoms with van der Waals surface area (Å²) in [7, 11) is 0. The van der Waals surface area contributed by atoms with E-state index < -0.39 is 6.10 Å². The maximum atomic E-state index is 10.4. The molecule has 3 aliphatic rings. The molecule has 3 atom stereocenters. The first-order valence-electron chi connectivity index (χ1n) is 11.6. The Kier molecular flexibility index (Phi) is 7.12. The van der Waals surface area contributed by atoms with E-state index in [4.69, 9.17) is 4.74 Å². The Balaban J connectivity index is 1.15. The van der Waals surface area contributed by atoms with Crippen LogP contribution >= 0.6 is 0 Å². The Morgan fingerprint density at radius 3 is 2.31 bits per heavy atom. The molecule has 0 saturated carbocycles. The lowest BCUT2D eigenvalue weighted by molar-refractivity contribution is 0.0511. The van der Waals surface area contributed by atoms with Crippen LogP contribution in [0, 0.1) is 23.7 Å². The SMILES string of the molecule is CC(C)C1CCN(CC(O)COc2ccc(CN3C[C@H]4CNC[C@H]4C3)cc2)CC1. The Bertz CT molecular complexity index is 616. The van der Waals surface area contributed by atoms with Gasteiger partial charge in [-0.05, 0) is 80.4 Å². The molecular formula is C24H39N3O2. The van der Waals surface area contributed by atoms with E-state index in [2.05, 4.69) is 53.2 Å². The van der Waals surface area contributed by atoms with E-state index in [0.717, 1.165) is 55.6 Å². The highest BCUT2D eigenvalue weighted by molar-refractivity contribution is 5.27. The molecule has 0 radical (unpaired) electrons. The first kappa shape index (κ1) is 21.1. The number of hydrogen-bond donors (Lipinski definition) is 2. The third kappa shape index (κ3) is 5.72. The zero-order chi connectivity index (χ0) is 20.2. The van der Waals surface area contributed by atoms with Gasteiger partial charge in [0.15, 0.2) is 0 Å². The van der Waals surface area contributed by atoms with Gasteiger partial charge in [-0.25, -0.2) is 0 Å². The number of nitrogens with one attached hydrogen (secondary N) is 1. The molecule has 1 unspecified atom stereocenters. The molecule has 3 fully saturated rings. The van der Waals surface area contributed by atoms with Gasteiger partial charge in [0.1, 0.15) is 18.5 Å². The van der Waals surface area contributed by atoms with Crippen molar-refractivity contribution in [2.75, 3.05) is 52.4 Å². The Morgan fingerprint density at radius 2 is 1.69 bits per heavy atom. The largest absolute Gasteiger partial charge is 0.491 e. The Labute approximate surface area is 176 Å². The average molecular weight is 402 g/mol. The summed E-state index contributed by atoms with van der Waals surface area (Å²) in [5, 5.41) is 13.9. The van der Waals surface area contributed by atoms with Gasteiger partial charge < -0.3 is 20.1 Å². The van der Waals surface area contributed by atoms with Crippen LogP contribution in [0.3, 0.4) is 0 Å². The van der Waals surface area contributed by atoms with Gasteiger partial charge in [-0.3, -0.25) is 4.90 Å². The van der Waals surface area contributed by atoms with Gasteiger partial charge in [-0.1, -0.05) is 26.0 Å². The number of fused-ring (bicyclic) bond motifs is 1. The average Bonchev–Trinajstić information content (AvgIpc) is 3.29. The number of piperidine rings is 1. The quantitative estimate of drug-likeness (QED) is 0.701. The van der Waals surface area contributed by atoms with E-state index in [9.17, 15) is 5.11 Å². The Morgan fingerprint density at radius 1 is 1.03 bits per heavy atom. The molecule has 1 aromatic carbocycles. The number of aliphatic hydroxyl groups excluding tert-OH is 1. The summed E-state index contributed by atoms with van der Waals surface area (Å²) in [6.07, 6.45) is 2.08. The number of nitrogens with zero attached hydrogens (tertiary/aromatic N) is 2. The summed E-state index contributed by atoms with van der Waals surface area (Å²) >= 11 is 0. The molecule has 162 valence electrons. The molecule has 29 heavy (non-hydrogen) atoms. The maximum absolute atomic E-state index is 10.4. The second kappa shape index (κ2) is 9.78. The third-order valence-corrected chi connectivity index (χ3v) is 7.28. The second-order valence-corrected chi connectivity index (χ2v) is 9.86. The Hall–Kier alpha value is -1.14. The fourth-order valence-corrected chi connectivity index (χ4v) is 5.38. The van der Waals surface area contributed by atoms with Gasteiger partial charge in [0, 0.05) is 26.2 Å². The van der Waals surface area contributed by atoms with Crippen molar-refractivity contribution in [3.63, 3.8) is 0 Å². The highest BCUT2D eigenvalue weighted by atomic mass is 16.5. The van der Waals surface area contributed by atoms with E-state index >= 15 is 0 Å². The topological polar surface area (TPSA) is 48.0 Å². The van der Waals surface area contributed by atoms with Gasteiger partial charge in [-0.15, -0.1) is 0 Å². The van der Waals surface area contributed by atoms with E-state index in [-0.39, 0.29) is 0 Å². The molecule has 3 aliphatic heterocycles. The lowest BCUT2D eigenvalue weighted by atomic mass is 9.87. The van der Waals surface area contributed by atoms with Crippen LogP contribution in [0.5, 0.6) is 5.75 Å². The van der Waals surface area contributed by atoms with Crippen LogP contribution < -0.4 is 10.1 Å². The van der Waals surface area contributed by atoms with Gasteiger partial charge in [0.05, 0.1) is 0 Å². The molecule has 4 rings (SSSR count). The highest BCUT2D eigenvalue weighted by Crippen LogP contribution is 2.28. The number of likely N-dealkylation sites (tertiary alicyclic amines) is 2. The van der Waals surface area contributed by atoms with E-state index in [0.29, 0.717) is 6.61 Å². The number of ether oxygens (including phenoxy) is 1. The summed E-state index contributed by atoms with van der Waals surface area (Å²) in [4.78, 5) is 4.97. The van der Waals surface area contributed by atoms with Gasteiger partial charge in [0.25, 0.3) is 0 Å². The minimum atomic E-state index is -0.428. The van der Waals surface area contributed by atoms with Crippen LogP contribution in [0.1, 0.15) is 32.3 Å². The molecule has 3 heterocycles.